The minimum atomic E-state index is -3.45. The number of rotatable bonds is 4. The highest BCUT2D eigenvalue weighted by molar-refractivity contribution is 7.90. The summed E-state index contributed by atoms with van der Waals surface area (Å²) in [5.74, 6) is -4.94. The van der Waals surface area contributed by atoms with Crippen LogP contribution in [0.4, 0.5) is 17.6 Å². The second kappa shape index (κ2) is 7.27. The van der Waals surface area contributed by atoms with Crippen LogP contribution in [-0.4, -0.2) is 21.8 Å². The van der Waals surface area contributed by atoms with Gasteiger partial charge in [-0.2, -0.15) is 0 Å². The molecule has 8 heteroatoms. The van der Waals surface area contributed by atoms with E-state index in [1.165, 1.54) is 24.3 Å². The van der Waals surface area contributed by atoms with Crippen molar-refractivity contribution >= 4 is 9.84 Å². The molecule has 3 rings (SSSR count). The van der Waals surface area contributed by atoms with Crippen molar-refractivity contribution in [3.8, 4) is 28.0 Å². The topological polar surface area (TPSA) is 43.4 Å². The number of hydrogen-bond donors (Lipinski definition) is 0. The van der Waals surface area contributed by atoms with Crippen LogP contribution in [0.25, 0.3) is 22.3 Å². The molecule has 3 nitrogen and oxygen atoms in total. The van der Waals surface area contributed by atoms with Gasteiger partial charge in [-0.15, -0.1) is 0 Å². The standard InChI is InChI=1S/C20H14F4O3S/c1-27-20-18(23)7-12(8-19(20)24)15-10-17(22)16(21)9-14(15)11-3-5-13(6-4-11)28(2,25)26/h3-10H,1-2H3. The Hall–Kier alpha value is -2.87. The predicted molar refractivity (Wildman–Crippen MR) is 96.8 cm³/mol. The summed E-state index contributed by atoms with van der Waals surface area (Å²) in [6, 6.07) is 9.04. The summed E-state index contributed by atoms with van der Waals surface area (Å²) in [7, 11) is -2.34. The van der Waals surface area contributed by atoms with Gasteiger partial charge in [-0.1, -0.05) is 12.1 Å². The molecule has 0 amide bonds. The van der Waals surface area contributed by atoms with Crippen LogP contribution in [0.15, 0.2) is 53.4 Å². The van der Waals surface area contributed by atoms with Crippen LogP contribution in [0.1, 0.15) is 0 Å². The van der Waals surface area contributed by atoms with Crippen LogP contribution in [0.5, 0.6) is 5.75 Å². The largest absolute Gasteiger partial charge is 0.491 e. The van der Waals surface area contributed by atoms with Gasteiger partial charge in [-0.05, 0) is 58.7 Å². The average molecular weight is 410 g/mol. The van der Waals surface area contributed by atoms with Crippen molar-refractivity contribution in [3.05, 3.63) is 71.8 Å². The molecule has 0 fully saturated rings. The summed E-state index contributed by atoms with van der Waals surface area (Å²) in [6.07, 6.45) is 1.04. The molecule has 0 saturated heterocycles. The van der Waals surface area contributed by atoms with E-state index in [1.807, 2.05) is 0 Å². The lowest BCUT2D eigenvalue weighted by molar-refractivity contribution is 0.360. The van der Waals surface area contributed by atoms with E-state index < -0.39 is 38.9 Å². The lowest BCUT2D eigenvalue weighted by Crippen LogP contribution is -1.98. The second-order valence-corrected chi connectivity index (χ2v) is 8.10. The molecule has 3 aromatic carbocycles. The van der Waals surface area contributed by atoms with Crippen molar-refractivity contribution in [2.45, 2.75) is 4.90 Å². The molecule has 0 aliphatic carbocycles. The van der Waals surface area contributed by atoms with Crippen molar-refractivity contribution in [2.75, 3.05) is 13.4 Å². The maximum absolute atomic E-state index is 14.1. The highest BCUT2D eigenvalue weighted by atomic mass is 32.2. The Bertz CT molecular complexity index is 1130. The molecule has 0 N–H and O–H groups in total. The van der Waals surface area contributed by atoms with Crippen LogP contribution < -0.4 is 4.74 Å². The van der Waals surface area contributed by atoms with Gasteiger partial charge >= 0.3 is 0 Å². The van der Waals surface area contributed by atoms with Crippen molar-refractivity contribution < 1.29 is 30.7 Å². The Kier molecular flexibility index (Phi) is 5.16. The molecular formula is C20H14F4O3S. The normalized spacial score (nSPS) is 11.5. The van der Waals surface area contributed by atoms with Crippen molar-refractivity contribution in [1.29, 1.82) is 0 Å². The number of methoxy groups -OCH3 is 1. The van der Waals surface area contributed by atoms with E-state index >= 15 is 0 Å². The van der Waals surface area contributed by atoms with Crippen LogP contribution in [0.2, 0.25) is 0 Å². The highest BCUT2D eigenvalue weighted by Crippen LogP contribution is 2.37. The fourth-order valence-electron chi connectivity index (χ4n) is 2.82. The number of hydrogen-bond acceptors (Lipinski definition) is 3. The zero-order valence-corrected chi connectivity index (χ0v) is 15.6. The van der Waals surface area contributed by atoms with Gasteiger partial charge in [-0.25, -0.2) is 26.0 Å². The third-order valence-electron chi connectivity index (χ3n) is 4.17. The fourth-order valence-corrected chi connectivity index (χ4v) is 3.45. The van der Waals surface area contributed by atoms with E-state index in [2.05, 4.69) is 4.74 Å². The monoisotopic (exact) mass is 410 g/mol. The first-order valence-electron chi connectivity index (χ1n) is 7.94. The van der Waals surface area contributed by atoms with Gasteiger partial charge in [0, 0.05) is 6.26 Å². The molecule has 0 atom stereocenters. The number of ether oxygens (including phenoxy) is 1. The molecule has 0 unspecified atom stereocenters. The maximum Gasteiger partial charge on any atom is 0.190 e. The summed E-state index contributed by atoms with van der Waals surface area (Å²) in [6.45, 7) is 0. The SMILES string of the molecule is COc1c(F)cc(-c2cc(F)c(F)cc2-c2ccc(S(C)(=O)=O)cc2)cc1F. The Morgan fingerprint density at radius 3 is 1.61 bits per heavy atom. The Morgan fingerprint density at radius 2 is 1.18 bits per heavy atom. The molecule has 0 bridgehead atoms. The molecule has 0 aliphatic heterocycles. The molecule has 3 aromatic rings. The number of benzene rings is 3. The Balaban J connectivity index is 2.23. The van der Waals surface area contributed by atoms with Crippen LogP contribution in [0, 0.1) is 23.3 Å². The van der Waals surface area contributed by atoms with Crippen LogP contribution in [-0.2, 0) is 9.84 Å². The molecule has 146 valence electrons. The fraction of sp³-hybridized carbons (Fsp3) is 0.100. The van der Waals surface area contributed by atoms with E-state index in [9.17, 15) is 26.0 Å². The molecule has 0 radical (unpaired) electrons. The lowest BCUT2D eigenvalue weighted by Gasteiger charge is -2.13. The minimum absolute atomic E-state index is 0.0307. The first-order valence-corrected chi connectivity index (χ1v) is 9.84. The van der Waals surface area contributed by atoms with Crippen LogP contribution in [0.3, 0.4) is 0 Å². The Labute approximate surface area is 159 Å². The first-order chi connectivity index (χ1) is 13.1. The molecule has 0 spiro atoms. The van der Waals surface area contributed by atoms with Crippen molar-refractivity contribution in [2.24, 2.45) is 0 Å². The third-order valence-corrected chi connectivity index (χ3v) is 5.30. The van der Waals surface area contributed by atoms with E-state index in [-0.39, 0.29) is 21.6 Å². The summed E-state index contributed by atoms with van der Waals surface area (Å²) < 4.78 is 83.7. The predicted octanol–water partition coefficient (Wildman–Crippen LogP) is 4.99. The zero-order valence-electron chi connectivity index (χ0n) is 14.8. The third kappa shape index (κ3) is 3.73. The molecule has 0 saturated carbocycles. The van der Waals surface area contributed by atoms with Gasteiger partial charge in [-0.3, -0.25) is 0 Å². The van der Waals surface area contributed by atoms with Gasteiger partial charge < -0.3 is 4.74 Å². The zero-order chi connectivity index (χ0) is 20.6. The van der Waals surface area contributed by atoms with Gasteiger partial charge in [0.1, 0.15) is 0 Å². The van der Waals surface area contributed by atoms with Gasteiger partial charge in [0.05, 0.1) is 12.0 Å². The highest BCUT2D eigenvalue weighted by Gasteiger charge is 2.18. The summed E-state index contributed by atoms with van der Waals surface area (Å²) >= 11 is 0. The molecule has 0 aliphatic rings. The van der Waals surface area contributed by atoms with Gasteiger partial charge in [0.15, 0.2) is 38.9 Å². The summed E-state index contributed by atoms with van der Waals surface area (Å²) in [5.41, 5.74) is 0.490. The molecular weight excluding hydrogens is 396 g/mol. The average Bonchev–Trinajstić information content (AvgIpc) is 2.62. The van der Waals surface area contributed by atoms with Gasteiger partial charge in [0.2, 0.25) is 0 Å². The van der Waals surface area contributed by atoms with E-state index in [4.69, 9.17) is 0 Å². The second-order valence-electron chi connectivity index (χ2n) is 6.08. The maximum atomic E-state index is 14.1. The number of sulfone groups is 1. The molecule has 28 heavy (non-hydrogen) atoms. The minimum Gasteiger partial charge on any atom is -0.491 e. The van der Waals surface area contributed by atoms with E-state index in [1.54, 1.807) is 0 Å². The van der Waals surface area contributed by atoms with E-state index in [0.29, 0.717) is 5.56 Å². The van der Waals surface area contributed by atoms with Crippen molar-refractivity contribution in [3.63, 3.8) is 0 Å². The quantitative estimate of drug-likeness (QED) is 0.570. The summed E-state index contributed by atoms with van der Waals surface area (Å²) in [5, 5.41) is 0. The van der Waals surface area contributed by atoms with Gasteiger partial charge in [0.25, 0.3) is 0 Å². The van der Waals surface area contributed by atoms with Crippen LogP contribution >= 0.6 is 0 Å². The number of halogens is 4. The molecule has 0 heterocycles. The lowest BCUT2D eigenvalue weighted by atomic mass is 9.94. The summed E-state index contributed by atoms with van der Waals surface area (Å²) in [4.78, 5) is 0.0434. The first kappa shape index (κ1) is 19.9. The Morgan fingerprint density at radius 1 is 0.714 bits per heavy atom. The van der Waals surface area contributed by atoms with Crippen molar-refractivity contribution in [1.82, 2.24) is 0 Å². The van der Waals surface area contributed by atoms with E-state index in [0.717, 1.165) is 37.6 Å². The smallest absolute Gasteiger partial charge is 0.190 e. The molecule has 0 aromatic heterocycles.